The van der Waals surface area contributed by atoms with Gasteiger partial charge in [0.2, 0.25) is 0 Å². The Morgan fingerprint density at radius 1 is 1.05 bits per heavy atom. The van der Waals surface area contributed by atoms with Gasteiger partial charge in [-0.25, -0.2) is 17.2 Å². The van der Waals surface area contributed by atoms with Crippen LogP contribution in [0.1, 0.15) is 24.2 Å². The second-order valence-electron chi connectivity index (χ2n) is 7.91. The highest BCUT2D eigenvalue weighted by Crippen LogP contribution is 2.24. The molecule has 11 heteroatoms. The van der Waals surface area contributed by atoms with Gasteiger partial charge >= 0.3 is 0 Å². The van der Waals surface area contributed by atoms with E-state index in [1.165, 1.54) is 39.2 Å². The minimum absolute atomic E-state index is 0.0286. The molecule has 0 fully saturated rings. The number of carbonyl (C=O) groups is 1. The van der Waals surface area contributed by atoms with Crippen molar-refractivity contribution in [3.8, 4) is 0 Å². The maximum atomic E-state index is 14.6. The maximum absolute atomic E-state index is 14.6. The second kappa shape index (κ2) is 11.3. The predicted octanol–water partition coefficient (Wildman–Crippen LogP) is 4.97. The van der Waals surface area contributed by atoms with Gasteiger partial charge in [0.15, 0.2) is 10.6 Å². The van der Waals surface area contributed by atoms with E-state index in [0.717, 1.165) is 17.4 Å². The van der Waals surface area contributed by atoms with Gasteiger partial charge in [-0.1, -0.05) is 29.5 Å². The van der Waals surface area contributed by atoms with E-state index in [2.05, 4.69) is 4.99 Å². The van der Waals surface area contributed by atoms with Gasteiger partial charge in [0.1, 0.15) is 5.82 Å². The van der Waals surface area contributed by atoms with Crippen molar-refractivity contribution in [3.05, 3.63) is 88.7 Å². The van der Waals surface area contributed by atoms with Crippen molar-refractivity contribution >= 4 is 43.2 Å². The molecule has 0 spiro atoms. The number of para-hydroxylation sites is 1. The lowest BCUT2D eigenvalue weighted by atomic mass is 10.2. The zero-order valence-electron chi connectivity index (χ0n) is 20.2. The Kier molecular flexibility index (Phi) is 8.16. The Hall–Kier alpha value is -3.41. The first kappa shape index (κ1) is 26.6. The number of amides is 1. The van der Waals surface area contributed by atoms with Crippen molar-refractivity contribution < 1.29 is 26.7 Å². The molecular formula is C26H25F2N3O4S2. The molecule has 0 unspecified atom stereocenters. The maximum Gasteiger partial charge on any atom is 0.279 e. The molecule has 4 aromatic rings. The number of halogens is 2. The molecule has 194 valence electrons. The van der Waals surface area contributed by atoms with Gasteiger partial charge in [-0.3, -0.25) is 9.10 Å². The van der Waals surface area contributed by atoms with Crippen molar-refractivity contribution in [3.63, 3.8) is 0 Å². The van der Waals surface area contributed by atoms with E-state index < -0.39 is 27.6 Å². The molecule has 1 aromatic heterocycles. The Labute approximate surface area is 217 Å². The summed E-state index contributed by atoms with van der Waals surface area (Å²) in [5, 5.41) is 0. The average Bonchev–Trinajstić information content (AvgIpc) is 3.22. The number of hydrogen-bond donors (Lipinski definition) is 0. The summed E-state index contributed by atoms with van der Waals surface area (Å²) in [4.78, 5) is 17.3. The van der Waals surface area contributed by atoms with E-state index in [-0.39, 0.29) is 40.5 Å². The van der Waals surface area contributed by atoms with E-state index >= 15 is 0 Å². The molecule has 1 amide bonds. The summed E-state index contributed by atoms with van der Waals surface area (Å²) >= 11 is 0.983. The second-order valence-corrected chi connectivity index (χ2v) is 10.8. The Morgan fingerprint density at radius 2 is 1.76 bits per heavy atom. The van der Waals surface area contributed by atoms with Gasteiger partial charge in [-0.05, 0) is 56.3 Å². The SMILES string of the molecule is CCOCCn1c(=NC(=O)c2ccc(S(=O)(=O)N(CC)c3ccccc3)cc2)sc2cc(F)cc(F)c21. The highest BCUT2D eigenvalue weighted by atomic mass is 32.2. The van der Waals surface area contributed by atoms with Crippen LogP contribution in [-0.4, -0.2) is 38.7 Å². The van der Waals surface area contributed by atoms with E-state index in [4.69, 9.17) is 4.74 Å². The number of carbonyl (C=O) groups excluding carboxylic acids is 1. The summed E-state index contributed by atoms with van der Waals surface area (Å²) in [6.07, 6.45) is 0. The standard InChI is InChI=1S/C26H25F2N3O4S2/c1-3-31(20-8-6-5-7-9-20)37(33,34)21-12-10-18(11-13-21)25(32)29-26-30(14-15-35-4-2)24-22(28)16-19(27)17-23(24)36-26/h5-13,16-17H,3-4,14-15H2,1-2H3. The third kappa shape index (κ3) is 5.63. The number of thiazole rings is 1. The number of ether oxygens (including phenoxy) is 1. The molecule has 0 radical (unpaired) electrons. The van der Waals surface area contributed by atoms with Crippen molar-refractivity contribution in [2.24, 2.45) is 4.99 Å². The van der Waals surface area contributed by atoms with Crippen molar-refractivity contribution in [2.45, 2.75) is 25.3 Å². The number of nitrogens with zero attached hydrogens (tertiary/aromatic N) is 3. The van der Waals surface area contributed by atoms with Crippen LogP contribution in [0.4, 0.5) is 14.5 Å². The smallest absolute Gasteiger partial charge is 0.279 e. The Bertz CT molecular complexity index is 1580. The molecule has 0 atom stereocenters. The first-order chi connectivity index (χ1) is 17.8. The largest absolute Gasteiger partial charge is 0.380 e. The first-order valence-electron chi connectivity index (χ1n) is 11.6. The molecule has 1 heterocycles. The summed E-state index contributed by atoms with van der Waals surface area (Å²) in [7, 11) is -3.85. The third-order valence-electron chi connectivity index (χ3n) is 5.58. The number of aromatic nitrogens is 1. The van der Waals surface area contributed by atoms with Crippen LogP contribution in [0.15, 0.2) is 76.6 Å². The zero-order chi connectivity index (χ0) is 26.6. The number of fused-ring (bicyclic) bond motifs is 1. The molecule has 37 heavy (non-hydrogen) atoms. The fourth-order valence-electron chi connectivity index (χ4n) is 3.86. The monoisotopic (exact) mass is 545 g/mol. The summed E-state index contributed by atoms with van der Waals surface area (Å²) < 4.78 is 63.2. The van der Waals surface area contributed by atoms with Crippen LogP contribution in [0.25, 0.3) is 10.2 Å². The van der Waals surface area contributed by atoms with Gasteiger partial charge in [-0.15, -0.1) is 0 Å². The molecule has 0 saturated heterocycles. The van der Waals surface area contributed by atoms with Crippen LogP contribution in [-0.2, 0) is 21.3 Å². The van der Waals surface area contributed by atoms with Crippen molar-refractivity contribution in [2.75, 3.05) is 24.1 Å². The number of anilines is 1. The lowest BCUT2D eigenvalue weighted by molar-refractivity contribution is 0.0996. The molecule has 0 aliphatic rings. The molecule has 0 N–H and O–H groups in total. The van der Waals surface area contributed by atoms with E-state index in [1.807, 2.05) is 6.92 Å². The van der Waals surface area contributed by atoms with Gasteiger partial charge in [0.25, 0.3) is 15.9 Å². The molecule has 3 aromatic carbocycles. The van der Waals surface area contributed by atoms with Crippen LogP contribution in [0.2, 0.25) is 0 Å². The normalized spacial score (nSPS) is 12.3. The minimum atomic E-state index is -3.85. The fraction of sp³-hybridized carbons (Fsp3) is 0.231. The lowest BCUT2D eigenvalue weighted by Crippen LogP contribution is -2.30. The highest BCUT2D eigenvalue weighted by Gasteiger charge is 2.24. The van der Waals surface area contributed by atoms with Gasteiger partial charge in [-0.2, -0.15) is 4.99 Å². The summed E-state index contributed by atoms with van der Waals surface area (Å²) in [6.45, 7) is 4.72. The predicted molar refractivity (Wildman–Crippen MR) is 139 cm³/mol. The van der Waals surface area contributed by atoms with Gasteiger partial charge in [0.05, 0.1) is 27.4 Å². The number of hydrogen-bond acceptors (Lipinski definition) is 5. The zero-order valence-corrected chi connectivity index (χ0v) is 21.9. The molecular weight excluding hydrogens is 520 g/mol. The van der Waals surface area contributed by atoms with E-state index in [0.29, 0.717) is 17.0 Å². The minimum Gasteiger partial charge on any atom is -0.380 e. The molecule has 0 bridgehead atoms. The molecule has 4 rings (SSSR count). The average molecular weight is 546 g/mol. The summed E-state index contributed by atoms with van der Waals surface area (Å²) in [6, 6.07) is 16.2. The topological polar surface area (TPSA) is 81.0 Å². The Balaban J connectivity index is 1.68. The van der Waals surface area contributed by atoms with Crippen LogP contribution in [0.3, 0.4) is 0 Å². The molecule has 0 aliphatic carbocycles. The lowest BCUT2D eigenvalue weighted by Gasteiger charge is -2.22. The van der Waals surface area contributed by atoms with Gasteiger partial charge in [0, 0.05) is 31.3 Å². The third-order valence-corrected chi connectivity index (χ3v) is 8.52. The van der Waals surface area contributed by atoms with E-state index in [9.17, 15) is 22.0 Å². The first-order valence-corrected chi connectivity index (χ1v) is 13.8. The quantitative estimate of drug-likeness (QED) is 0.278. The van der Waals surface area contributed by atoms with Crippen molar-refractivity contribution in [1.29, 1.82) is 0 Å². The van der Waals surface area contributed by atoms with E-state index in [1.54, 1.807) is 37.3 Å². The molecule has 0 aliphatic heterocycles. The Morgan fingerprint density at radius 3 is 2.41 bits per heavy atom. The fourth-order valence-corrected chi connectivity index (χ4v) is 6.42. The van der Waals surface area contributed by atoms with Crippen LogP contribution in [0.5, 0.6) is 0 Å². The summed E-state index contributed by atoms with van der Waals surface area (Å²) in [5.74, 6) is -2.13. The summed E-state index contributed by atoms with van der Waals surface area (Å²) in [5.41, 5.74) is 0.826. The number of sulfonamides is 1. The van der Waals surface area contributed by atoms with Gasteiger partial charge < -0.3 is 9.30 Å². The number of rotatable bonds is 9. The van der Waals surface area contributed by atoms with Crippen LogP contribution in [0, 0.1) is 11.6 Å². The number of benzene rings is 3. The van der Waals surface area contributed by atoms with Crippen LogP contribution >= 0.6 is 11.3 Å². The van der Waals surface area contributed by atoms with Crippen molar-refractivity contribution in [1.82, 2.24) is 4.57 Å². The molecule has 7 nitrogen and oxygen atoms in total. The highest BCUT2D eigenvalue weighted by molar-refractivity contribution is 7.92. The molecule has 0 saturated carbocycles. The van der Waals surface area contributed by atoms with Crippen LogP contribution < -0.4 is 9.11 Å².